The highest BCUT2D eigenvalue weighted by atomic mass is 32.1. The number of piperazine rings is 1. The number of carbonyl (C=O) groups excluding carboxylic acids is 2. The van der Waals surface area contributed by atoms with Crippen molar-refractivity contribution in [2.75, 3.05) is 43.5 Å². The van der Waals surface area contributed by atoms with Crippen molar-refractivity contribution in [2.24, 2.45) is 0 Å². The summed E-state index contributed by atoms with van der Waals surface area (Å²) >= 11 is 5.27. The van der Waals surface area contributed by atoms with Gasteiger partial charge in [-0.05, 0) is 66.8 Å². The second-order valence-corrected chi connectivity index (χ2v) is 7.85. The first-order valence-electron chi connectivity index (χ1n) is 10.5. The lowest BCUT2D eigenvalue weighted by Gasteiger charge is -2.35. The Morgan fingerprint density at radius 3 is 2.42 bits per heavy atom. The van der Waals surface area contributed by atoms with Gasteiger partial charge in [-0.25, -0.2) is 0 Å². The number of rotatable bonds is 5. The Balaban J connectivity index is 1.28. The van der Waals surface area contributed by atoms with Crippen molar-refractivity contribution >= 4 is 40.5 Å². The molecule has 0 saturated carbocycles. The van der Waals surface area contributed by atoms with Gasteiger partial charge in [0.15, 0.2) is 10.9 Å². The first kappa shape index (κ1) is 22.3. The van der Waals surface area contributed by atoms with Gasteiger partial charge in [0.2, 0.25) is 0 Å². The van der Waals surface area contributed by atoms with Crippen LogP contribution < -0.4 is 20.3 Å². The molecule has 3 aromatic rings. The number of carbonyl (C=O) groups is 2. The molecule has 33 heavy (non-hydrogen) atoms. The number of ether oxygens (including phenoxy) is 1. The molecule has 9 heteroatoms. The van der Waals surface area contributed by atoms with E-state index in [2.05, 4.69) is 15.5 Å². The molecule has 0 atom stereocenters. The number of nitrogens with one attached hydrogen (secondary N) is 2. The fourth-order valence-corrected chi connectivity index (χ4v) is 3.79. The first-order valence-corrected chi connectivity index (χ1v) is 10.9. The van der Waals surface area contributed by atoms with Crippen LogP contribution in [-0.4, -0.2) is 55.1 Å². The summed E-state index contributed by atoms with van der Waals surface area (Å²) in [6.45, 7) is 2.71. The zero-order valence-electron chi connectivity index (χ0n) is 18.1. The number of thiocarbonyl (C=S) groups is 1. The third-order valence-corrected chi connectivity index (χ3v) is 5.55. The molecule has 1 saturated heterocycles. The minimum Gasteiger partial charge on any atom is -0.497 e. The molecule has 2 aromatic carbocycles. The normalized spacial score (nSPS) is 13.4. The van der Waals surface area contributed by atoms with Gasteiger partial charge < -0.3 is 24.3 Å². The maximum Gasteiger partial charge on any atom is 0.289 e. The smallest absolute Gasteiger partial charge is 0.289 e. The summed E-state index contributed by atoms with van der Waals surface area (Å²) in [5.74, 6) is 0.574. The van der Waals surface area contributed by atoms with Gasteiger partial charge in [-0.15, -0.1) is 0 Å². The summed E-state index contributed by atoms with van der Waals surface area (Å²) in [5.41, 5.74) is 2.27. The van der Waals surface area contributed by atoms with E-state index in [1.54, 1.807) is 48.4 Å². The van der Waals surface area contributed by atoms with Crippen LogP contribution in [0.3, 0.4) is 0 Å². The Hall–Kier alpha value is -3.85. The van der Waals surface area contributed by atoms with E-state index in [9.17, 15) is 9.59 Å². The quantitative estimate of drug-likeness (QED) is 0.560. The van der Waals surface area contributed by atoms with Crippen molar-refractivity contribution in [3.8, 4) is 5.75 Å². The Morgan fingerprint density at radius 2 is 1.76 bits per heavy atom. The Kier molecular flexibility index (Phi) is 6.89. The predicted molar refractivity (Wildman–Crippen MR) is 130 cm³/mol. The van der Waals surface area contributed by atoms with E-state index in [-0.39, 0.29) is 16.9 Å². The van der Waals surface area contributed by atoms with Crippen molar-refractivity contribution in [1.29, 1.82) is 0 Å². The third-order valence-electron chi connectivity index (χ3n) is 5.35. The second-order valence-electron chi connectivity index (χ2n) is 7.44. The molecule has 2 heterocycles. The number of anilines is 2. The van der Waals surface area contributed by atoms with Crippen molar-refractivity contribution in [1.82, 2.24) is 10.2 Å². The molecule has 4 rings (SSSR count). The molecule has 8 nitrogen and oxygen atoms in total. The van der Waals surface area contributed by atoms with Gasteiger partial charge in [-0.3, -0.25) is 14.9 Å². The van der Waals surface area contributed by atoms with Gasteiger partial charge in [0.1, 0.15) is 5.75 Å². The van der Waals surface area contributed by atoms with Crippen LogP contribution in [0.2, 0.25) is 0 Å². The highest BCUT2D eigenvalue weighted by Crippen LogP contribution is 2.20. The van der Waals surface area contributed by atoms with Crippen LogP contribution in [-0.2, 0) is 0 Å². The first-order chi connectivity index (χ1) is 16.0. The largest absolute Gasteiger partial charge is 0.497 e. The number of hydrogen-bond donors (Lipinski definition) is 2. The summed E-state index contributed by atoms with van der Waals surface area (Å²) in [7, 11) is 1.55. The molecule has 2 N–H and O–H groups in total. The minimum absolute atomic E-state index is 0.0799. The molecule has 1 aliphatic rings. The van der Waals surface area contributed by atoms with E-state index in [4.69, 9.17) is 21.4 Å². The molecule has 1 aromatic heterocycles. The van der Waals surface area contributed by atoms with Crippen molar-refractivity contribution in [2.45, 2.75) is 0 Å². The molecule has 0 spiro atoms. The monoisotopic (exact) mass is 464 g/mol. The lowest BCUT2D eigenvalue weighted by Crippen LogP contribution is -2.48. The molecule has 0 radical (unpaired) electrons. The summed E-state index contributed by atoms with van der Waals surface area (Å²) < 4.78 is 10.4. The predicted octanol–water partition coefficient (Wildman–Crippen LogP) is 3.38. The van der Waals surface area contributed by atoms with Crippen LogP contribution in [0.15, 0.2) is 71.3 Å². The van der Waals surface area contributed by atoms with Gasteiger partial charge in [-0.2, -0.15) is 0 Å². The van der Waals surface area contributed by atoms with Crippen molar-refractivity contribution in [3.63, 3.8) is 0 Å². The van der Waals surface area contributed by atoms with Gasteiger partial charge in [-0.1, -0.05) is 6.07 Å². The second kappa shape index (κ2) is 10.2. The highest BCUT2D eigenvalue weighted by molar-refractivity contribution is 7.80. The maximum atomic E-state index is 12.4. The fraction of sp³-hybridized carbons (Fsp3) is 0.208. The van der Waals surface area contributed by atoms with Crippen LogP contribution in [0.1, 0.15) is 20.9 Å². The Bertz CT molecular complexity index is 1120. The molecule has 2 amide bonds. The molecule has 0 bridgehead atoms. The molecule has 1 aliphatic heterocycles. The summed E-state index contributed by atoms with van der Waals surface area (Å²) in [4.78, 5) is 28.8. The van der Waals surface area contributed by atoms with Crippen molar-refractivity contribution < 1.29 is 18.7 Å². The molecule has 0 aliphatic carbocycles. The molecule has 170 valence electrons. The number of furan rings is 1. The maximum absolute atomic E-state index is 12.4. The van der Waals surface area contributed by atoms with E-state index < -0.39 is 0 Å². The molecular formula is C24H24N4O4S. The lowest BCUT2D eigenvalue weighted by molar-refractivity contribution is 0.0714. The molecule has 0 unspecified atom stereocenters. The minimum atomic E-state index is -0.315. The van der Waals surface area contributed by atoms with Crippen molar-refractivity contribution in [3.05, 3.63) is 78.3 Å². The molecular weight excluding hydrogens is 440 g/mol. The van der Waals surface area contributed by atoms with E-state index in [1.807, 2.05) is 24.3 Å². The average Bonchev–Trinajstić information content (AvgIpc) is 3.39. The van der Waals surface area contributed by atoms with Gasteiger partial charge >= 0.3 is 0 Å². The Morgan fingerprint density at radius 1 is 1.00 bits per heavy atom. The zero-order valence-corrected chi connectivity index (χ0v) is 18.9. The fourth-order valence-electron chi connectivity index (χ4n) is 3.58. The van der Waals surface area contributed by atoms with E-state index in [1.165, 1.54) is 6.26 Å². The number of methoxy groups -OCH3 is 1. The van der Waals surface area contributed by atoms with Crippen LogP contribution >= 0.6 is 12.2 Å². The lowest BCUT2D eigenvalue weighted by atomic mass is 10.2. The third kappa shape index (κ3) is 5.50. The topological polar surface area (TPSA) is 87.0 Å². The number of hydrogen-bond acceptors (Lipinski definition) is 6. The molecule has 1 fully saturated rings. The zero-order chi connectivity index (χ0) is 23.2. The Labute approximate surface area is 197 Å². The van der Waals surface area contributed by atoms with Gasteiger partial charge in [0.05, 0.1) is 13.4 Å². The number of amides is 2. The van der Waals surface area contributed by atoms with Gasteiger partial charge in [0, 0.05) is 43.1 Å². The van der Waals surface area contributed by atoms with Crippen LogP contribution in [0.4, 0.5) is 11.4 Å². The van der Waals surface area contributed by atoms with E-state index in [0.29, 0.717) is 30.2 Å². The van der Waals surface area contributed by atoms with Crippen LogP contribution in [0.5, 0.6) is 5.75 Å². The summed E-state index contributed by atoms with van der Waals surface area (Å²) in [6, 6.07) is 18.0. The average molecular weight is 465 g/mol. The highest BCUT2D eigenvalue weighted by Gasteiger charge is 2.23. The van der Waals surface area contributed by atoms with E-state index in [0.717, 1.165) is 24.5 Å². The number of benzene rings is 2. The van der Waals surface area contributed by atoms with E-state index >= 15 is 0 Å². The SMILES string of the molecule is COc1cccc(C(=O)NC(=S)Nc2ccc(N3CCN(C(=O)c4ccco4)CC3)cc2)c1. The van der Waals surface area contributed by atoms with Crippen LogP contribution in [0.25, 0.3) is 0 Å². The number of nitrogens with zero attached hydrogens (tertiary/aromatic N) is 2. The standard InChI is InChI=1S/C24H24N4O4S/c1-31-20-5-2-4-17(16-20)22(29)26-24(33)25-18-7-9-19(10-8-18)27-11-13-28(14-12-27)23(30)21-6-3-15-32-21/h2-10,15-16H,11-14H2,1H3,(H2,25,26,29,33). The summed E-state index contributed by atoms with van der Waals surface area (Å²) in [6.07, 6.45) is 1.51. The summed E-state index contributed by atoms with van der Waals surface area (Å²) in [5, 5.41) is 5.91. The van der Waals surface area contributed by atoms with Gasteiger partial charge in [0.25, 0.3) is 11.8 Å². The van der Waals surface area contributed by atoms with Crippen LogP contribution in [0, 0.1) is 0 Å².